The summed E-state index contributed by atoms with van der Waals surface area (Å²) in [6.07, 6.45) is 1.51. The molecular formula is C16H19Cl3O4. The Hall–Kier alpha value is -0.970. The van der Waals surface area contributed by atoms with Gasteiger partial charge in [-0.1, -0.05) is 48.7 Å². The Bertz CT molecular complexity index is 559. The first-order valence-corrected chi connectivity index (χ1v) is 8.43. The van der Waals surface area contributed by atoms with Crippen molar-refractivity contribution in [2.24, 2.45) is 5.92 Å². The lowest BCUT2D eigenvalue weighted by atomic mass is 10.2. The highest BCUT2D eigenvalue weighted by molar-refractivity contribution is 6.44. The van der Waals surface area contributed by atoms with Crippen LogP contribution in [0.1, 0.15) is 39.5 Å². The Labute approximate surface area is 151 Å². The van der Waals surface area contributed by atoms with Crippen LogP contribution in [0.2, 0.25) is 15.1 Å². The molecule has 0 atom stereocenters. The molecule has 0 aliphatic rings. The predicted octanol–water partition coefficient (Wildman–Crippen LogP) is 5.31. The minimum atomic E-state index is -0.458. The maximum Gasteiger partial charge on any atom is 0.311 e. The number of rotatable bonds is 8. The number of benzene rings is 1. The summed E-state index contributed by atoms with van der Waals surface area (Å²) < 4.78 is 10.2. The standard InChI is InChI=1S/C16H19Cl3O4/c1-10(2)9-22-14(20)5-3-4-6-15(21)23-13-8-11(17)7-12(18)16(13)19/h7-8,10H,3-6,9H2,1-2H3. The van der Waals surface area contributed by atoms with Crippen LogP contribution in [0.4, 0.5) is 0 Å². The SMILES string of the molecule is CC(C)COC(=O)CCCCC(=O)Oc1cc(Cl)cc(Cl)c1Cl. The molecule has 0 saturated carbocycles. The predicted molar refractivity (Wildman–Crippen MR) is 91.4 cm³/mol. The molecule has 0 amide bonds. The summed E-state index contributed by atoms with van der Waals surface area (Å²) in [4.78, 5) is 23.2. The molecule has 0 N–H and O–H groups in total. The third-order valence-corrected chi connectivity index (χ3v) is 3.78. The van der Waals surface area contributed by atoms with Crippen LogP contribution in [0.5, 0.6) is 5.75 Å². The molecule has 23 heavy (non-hydrogen) atoms. The quantitative estimate of drug-likeness (QED) is 0.265. The second-order valence-electron chi connectivity index (χ2n) is 5.46. The molecule has 0 saturated heterocycles. The van der Waals surface area contributed by atoms with Crippen molar-refractivity contribution in [1.29, 1.82) is 0 Å². The molecule has 0 aliphatic carbocycles. The van der Waals surface area contributed by atoms with Crippen LogP contribution >= 0.6 is 34.8 Å². The van der Waals surface area contributed by atoms with Crippen LogP contribution in [0, 0.1) is 5.92 Å². The summed E-state index contributed by atoms with van der Waals surface area (Å²) in [7, 11) is 0. The maximum atomic E-state index is 11.8. The molecule has 0 unspecified atom stereocenters. The van der Waals surface area contributed by atoms with E-state index in [0.717, 1.165) is 0 Å². The van der Waals surface area contributed by atoms with E-state index >= 15 is 0 Å². The Morgan fingerprint density at radius 1 is 1.04 bits per heavy atom. The van der Waals surface area contributed by atoms with Crippen molar-refractivity contribution in [3.05, 3.63) is 27.2 Å². The first-order chi connectivity index (χ1) is 10.8. The molecule has 7 heteroatoms. The second-order valence-corrected chi connectivity index (χ2v) is 6.68. The minimum absolute atomic E-state index is 0.130. The van der Waals surface area contributed by atoms with Gasteiger partial charge in [-0.3, -0.25) is 9.59 Å². The molecular weight excluding hydrogens is 363 g/mol. The highest BCUT2D eigenvalue weighted by Crippen LogP contribution is 2.35. The van der Waals surface area contributed by atoms with Gasteiger partial charge < -0.3 is 9.47 Å². The van der Waals surface area contributed by atoms with Gasteiger partial charge in [-0.15, -0.1) is 0 Å². The van der Waals surface area contributed by atoms with Crippen molar-refractivity contribution in [3.63, 3.8) is 0 Å². The molecule has 128 valence electrons. The van der Waals surface area contributed by atoms with Gasteiger partial charge in [0.25, 0.3) is 0 Å². The smallest absolute Gasteiger partial charge is 0.311 e. The summed E-state index contributed by atoms with van der Waals surface area (Å²) >= 11 is 17.6. The molecule has 1 rings (SSSR count). The number of hydrogen-bond acceptors (Lipinski definition) is 4. The number of unbranched alkanes of at least 4 members (excludes halogenated alkanes) is 1. The molecule has 0 fully saturated rings. The van der Waals surface area contributed by atoms with Gasteiger partial charge >= 0.3 is 11.9 Å². The fourth-order valence-corrected chi connectivity index (χ4v) is 2.27. The Morgan fingerprint density at radius 2 is 1.65 bits per heavy atom. The molecule has 1 aromatic rings. The van der Waals surface area contributed by atoms with E-state index in [2.05, 4.69) is 0 Å². The van der Waals surface area contributed by atoms with Crippen LogP contribution in [0.15, 0.2) is 12.1 Å². The van der Waals surface area contributed by atoms with E-state index in [0.29, 0.717) is 30.4 Å². The van der Waals surface area contributed by atoms with Gasteiger partial charge in [-0.25, -0.2) is 0 Å². The van der Waals surface area contributed by atoms with Crippen LogP contribution in [-0.4, -0.2) is 18.5 Å². The lowest BCUT2D eigenvalue weighted by Gasteiger charge is -2.08. The highest BCUT2D eigenvalue weighted by Gasteiger charge is 2.13. The van der Waals surface area contributed by atoms with Gasteiger partial charge in [0.15, 0.2) is 5.75 Å². The zero-order chi connectivity index (χ0) is 17.4. The molecule has 0 heterocycles. The highest BCUT2D eigenvalue weighted by atomic mass is 35.5. The van der Waals surface area contributed by atoms with Crippen LogP contribution < -0.4 is 4.74 Å². The largest absolute Gasteiger partial charge is 0.465 e. The number of carbonyl (C=O) groups excluding carboxylic acids is 2. The molecule has 4 nitrogen and oxygen atoms in total. The number of ether oxygens (including phenoxy) is 2. The second kappa shape index (κ2) is 10.0. The lowest BCUT2D eigenvalue weighted by molar-refractivity contribution is -0.145. The normalized spacial score (nSPS) is 10.7. The molecule has 0 spiro atoms. The molecule has 0 aromatic heterocycles. The van der Waals surface area contributed by atoms with E-state index in [1.165, 1.54) is 12.1 Å². The first kappa shape index (κ1) is 20.1. The number of halogens is 3. The fourth-order valence-electron chi connectivity index (χ4n) is 1.65. The summed E-state index contributed by atoms with van der Waals surface area (Å²) in [5, 5.41) is 0.687. The van der Waals surface area contributed by atoms with Crippen molar-refractivity contribution in [1.82, 2.24) is 0 Å². The van der Waals surface area contributed by atoms with E-state index < -0.39 is 5.97 Å². The number of esters is 2. The van der Waals surface area contributed by atoms with Gasteiger partial charge in [-0.05, 0) is 24.8 Å². The van der Waals surface area contributed by atoms with E-state index in [4.69, 9.17) is 44.3 Å². The minimum Gasteiger partial charge on any atom is -0.465 e. The van der Waals surface area contributed by atoms with Gasteiger partial charge in [0.1, 0.15) is 5.02 Å². The summed E-state index contributed by atoms with van der Waals surface area (Å²) in [6, 6.07) is 2.89. The molecule has 1 aromatic carbocycles. The third kappa shape index (κ3) is 7.91. The zero-order valence-corrected chi connectivity index (χ0v) is 15.3. The van der Waals surface area contributed by atoms with E-state index in [1.807, 2.05) is 13.8 Å². The number of hydrogen-bond donors (Lipinski definition) is 0. The van der Waals surface area contributed by atoms with E-state index in [9.17, 15) is 9.59 Å². The van der Waals surface area contributed by atoms with Gasteiger partial charge in [0.05, 0.1) is 11.6 Å². The summed E-state index contributed by atoms with van der Waals surface area (Å²) in [5.74, 6) is -0.272. The van der Waals surface area contributed by atoms with Crippen molar-refractivity contribution in [2.45, 2.75) is 39.5 Å². The lowest BCUT2D eigenvalue weighted by Crippen LogP contribution is -2.11. The zero-order valence-electron chi connectivity index (χ0n) is 13.0. The monoisotopic (exact) mass is 380 g/mol. The molecule has 0 aliphatic heterocycles. The third-order valence-electron chi connectivity index (χ3n) is 2.77. The first-order valence-electron chi connectivity index (χ1n) is 7.30. The van der Waals surface area contributed by atoms with E-state index in [-0.39, 0.29) is 34.6 Å². The molecule has 0 bridgehead atoms. The van der Waals surface area contributed by atoms with Crippen molar-refractivity contribution in [2.75, 3.05) is 6.61 Å². The topological polar surface area (TPSA) is 52.6 Å². The van der Waals surface area contributed by atoms with Crippen LogP contribution in [0.25, 0.3) is 0 Å². The average Bonchev–Trinajstić information content (AvgIpc) is 2.46. The van der Waals surface area contributed by atoms with Gasteiger partial charge in [0.2, 0.25) is 0 Å². The van der Waals surface area contributed by atoms with Gasteiger partial charge in [0, 0.05) is 23.9 Å². The van der Waals surface area contributed by atoms with Crippen molar-refractivity contribution >= 4 is 46.7 Å². The van der Waals surface area contributed by atoms with Crippen molar-refractivity contribution in [3.8, 4) is 5.75 Å². The Balaban J connectivity index is 2.31. The van der Waals surface area contributed by atoms with Gasteiger partial charge in [-0.2, -0.15) is 0 Å². The van der Waals surface area contributed by atoms with Crippen LogP contribution in [-0.2, 0) is 14.3 Å². The maximum absolute atomic E-state index is 11.8. The average molecular weight is 382 g/mol. The van der Waals surface area contributed by atoms with Crippen molar-refractivity contribution < 1.29 is 19.1 Å². The Morgan fingerprint density at radius 3 is 2.26 bits per heavy atom. The van der Waals surface area contributed by atoms with Crippen LogP contribution in [0.3, 0.4) is 0 Å². The number of carbonyl (C=O) groups is 2. The fraction of sp³-hybridized carbons (Fsp3) is 0.500. The summed E-state index contributed by atoms with van der Waals surface area (Å²) in [5.41, 5.74) is 0. The Kier molecular flexibility index (Phi) is 8.74. The molecule has 0 radical (unpaired) electrons. The summed E-state index contributed by atoms with van der Waals surface area (Å²) in [6.45, 7) is 4.35. The van der Waals surface area contributed by atoms with E-state index in [1.54, 1.807) is 0 Å².